The summed E-state index contributed by atoms with van der Waals surface area (Å²) >= 11 is 0. The van der Waals surface area contributed by atoms with Crippen LogP contribution in [0.2, 0.25) is 0 Å². The number of carboxylic acid groups (broad SMARTS) is 1. The van der Waals surface area contributed by atoms with E-state index in [0.29, 0.717) is 6.42 Å². The third-order valence-corrected chi connectivity index (χ3v) is 4.80. The Balaban J connectivity index is 1.77. The Morgan fingerprint density at radius 1 is 1.45 bits per heavy atom. The quantitative estimate of drug-likeness (QED) is 0.498. The minimum Gasteiger partial charge on any atom is -0.550 e. The molecule has 0 radical (unpaired) electrons. The molecule has 1 heterocycles. The summed E-state index contributed by atoms with van der Waals surface area (Å²) in [4.78, 5) is 34.5. The monoisotopic (exact) mass is 279 g/mol. The fraction of sp³-hybridized carbons (Fsp3) is 0.643. The Bertz CT molecular complexity index is 510. The number of hydrogen-bond donors (Lipinski definition) is 0. The van der Waals surface area contributed by atoms with E-state index in [-0.39, 0.29) is 36.0 Å². The Labute approximate surface area is 115 Å². The number of rotatable bonds is 4. The molecule has 0 amide bonds. The first-order valence-corrected chi connectivity index (χ1v) is 6.65. The fourth-order valence-electron chi connectivity index (χ4n) is 4.02. The molecule has 3 rings (SSSR count). The van der Waals surface area contributed by atoms with Gasteiger partial charge in [0.25, 0.3) is 0 Å². The van der Waals surface area contributed by atoms with Crippen molar-refractivity contribution in [1.82, 2.24) is 0 Å². The molecule has 2 aliphatic carbocycles. The van der Waals surface area contributed by atoms with Crippen LogP contribution in [0.3, 0.4) is 0 Å². The van der Waals surface area contributed by atoms with E-state index < -0.39 is 29.7 Å². The topological polar surface area (TPSA) is 92.7 Å². The molecule has 6 unspecified atom stereocenters. The number of fused-ring (bicyclic) bond motifs is 1. The van der Waals surface area contributed by atoms with E-state index in [1.54, 1.807) is 6.92 Å². The number of carboxylic acids is 1. The zero-order valence-corrected chi connectivity index (χ0v) is 11.0. The van der Waals surface area contributed by atoms with Gasteiger partial charge in [-0.2, -0.15) is 0 Å². The highest BCUT2D eigenvalue weighted by molar-refractivity contribution is 5.87. The Morgan fingerprint density at radius 3 is 2.75 bits per heavy atom. The number of esters is 2. The van der Waals surface area contributed by atoms with Crippen LogP contribution in [0.4, 0.5) is 0 Å². The average molecular weight is 279 g/mol. The molecule has 1 saturated heterocycles. The van der Waals surface area contributed by atoms with Crippen molar-refractivity contribution < 1.29 is 29.0 Å². The van der Waals surface area contributed by atoms with Crippen molar-refractivity contribution >= 4 is 17.9 Å². The molecule has 6 atom stereocenters. The molecule has 1 aliphatic heterocycles. The first-order chi connectivity index (χ1) is 9.41. The lowest BCUT2D eigenvalue weighted by molar-refractivity contribution is -0.315. The van der Waals surface area contributed by atoms with Gasteiger partial charge in [-0.3, -0.25) is 4.79 Å². The molecule has 3 fully saturated rings. The molecule has 2 bridgehead atoms. The minimum atomic E-state index is -1.21. The molecule has 108 valence electrons. The molecule has 6 nitrogen and oxygen atoms in total. The first kappa shape index (κ1) is 13.1. The molecule has 0 N–H and O–H groups in total. The highest BCUT2D eigenvalue weighted by atomic mass is 16.6. The van der Waals surface area contributed by atoms with Crippen LogP contribution in [0.5, 0.6) is 0 Å². The Morgan fingerprint density at radius 2 is 2.15 bits per heavy atom. The second-order valence-electron chi connectivity index (χ2n) is 5.88. The van der Waals surface area contributed by atoms with Gasteiger partial charge in [0.2, 0.25) is 0 Å². The lowest BCUT2D eigenvalue weighted by Gasteiger charge is -2.31. The molecule has 6 heteroatoms. The van der Waals surface area contributed by atoms with Crippen molar-refractivity contribution in [2.45, 2.75) is 19.4 Å². The minimum absolute atomic E-state index is 0.0569. The third-order valence-electron chi connectivity index (χ3n) is 4.80. The molecular formula is C14H15O6-. The summed E-state index contributed by atoms with van der Waals surface area (Å²) in [5, 5.41) is 11.3. The predicted octanol–water partition coefficient (Wildman–Crippen LogP) is -0.721. The van der Waals surface area contributed by atoms with Crippen LogP contribution in [-0.4, -0.2) is 30.6 Å². The van der Waals surface area contributed by atoms with Gasteiger partial charge >= 0.3 is 11.9 Å². The third kappa shape index (κ3) is 1.67. The van der Waals surface area contributed by atoms with E-state index in [2.05, 4.69) is 6.58 Å². The average Bonchev–Trinajstić information content (AvgIpc) is 2.96. The summed E-state index contributed by atoms with van der Waals surface area (Å²) in [6.45, 7) is 5.08. The second kappa shape index (κ2) is 4.33. The molecule has 0 aromatic carbocycles. The van der Waals surface area contributed by atoms with Crippen LogP contribution in [0.15, 0.2) is 12.2 Å². The molecular weight excluding hydrogens is 264 g/mol. The van der Waals surface area contributed by atoms with Gasteiger partial charge in [-0.15, -0.1) is 0 Å². The number of hydrogen-bond acceptors (Lipinski definition) is 6. The van der Waals surface area contributed by atoms with E-state index in [4.69, 9.17) is 9.47 Å². The van der Waals surface area contributed by atoms with Crippen molar-refractivity contribution in [1.29, 1.82) is 0 Å². The van der Waals surface area contributed by atoms with Gasteiger partial charge in [-0.25, -0.2) is 4.79 Å². The summed E-state index contributed by atoms with van der Waals surface area (Å²) in [6, 6.07) is 0. The molecule has 2 saturated carbocycles. The van der Waals surface area contributed by atoms with Crippen LogP contribution in [-0.2, 0) is 23.9 Å². The van der Waals surface area contributed by atoms with Gasteiger partial charge in [0.1, 0.15) is 6.10 Å². The number of aliphatic carboxylic acids is 1. The fourth-order valence-corrected chi connectivity index (χ4v) is 4.02. The van der Waals surface area contributed by atoms with E-state index in [1.165, 1.54) is 0 Å². The number of ether oxygens (including phenoxy) is 2. The maximum Gasteiger partial charge on any atom is 0.333 e. The van der Waals surface area contributed by atoms with E-state index in [0.717, 1.165) is 0 Å². The highest BCUT2D eigenvalue weighted by Crippen LogP contribution is 2.60. The first-order valence-electron chi connectivity index (χ1n) is 6.65. The summed E-state index contributed by atoms with van der Waals surface area (Å²) in [7, 11) is 0. The summed E-state index contributed by atoms with van der Waals surface area (Å²) in [5.74, 6) is -4.13. The van der Waals surface area contributed by atoms with E-state index >= 15 is 0 Å². The summed E-state index contributed by atoms with van der Waals surface area (Å²) in [6.07, 6.45) is 0.292. The van der Waals surface area contributed by atoms with Gasteiger partial charge in [-0.05, 0) is 19.3 Å². The van der Waals surface area contributed by atoms with E-state index in [1.807, 2.05) is 0 Å². The van der Waals surface area contributed by atoms with Gasteiger partial charge in [0.05, 0.1) is 12.5 Å². The van der Waals surface area contributed by atoms with Crippen LogP contribution in [0, 0.1) is 29.6 Å². The smallest absolute Gasteiger partial charge is 0.333 e. The highest BCUT2D eigenvalue weighted by Gasteiger charge is 2.66. The molecule has 0 aromatic heterocycles. The maximum atomic E-state index is 11.8. The molecule has 3 aliphatic rings. The lowest BCUT2D eigenvalue weighted by atomic mass is 9.74. The van der Waals surface area contributed by atoms with E-state index in [9.17, 15) is 19.5 Å². The van der Waals surface area contributed by atoms with Gasteiger partial charge in [-0.1, -0.05) is 6.58 Å². The zero-order chi connectivity index (χ0) is 14.6. The van der Waals surface area contributed by atoms with Gasteiger partial charge in [0.15, 0.2) is 0 Å². The predicted molar refractivity (Wildman–Crippen MR) is 62.7 cm³/mol. The standard InChI is InChI=1S/C14H16O6/c1-5(2)13(17)19-4-8-6-3-7-10(9(6)12(15)16)14(18)20-11(7)8/h6-11H,1,3-4H2,2H3,(H,15,16)/p-1. The molecule has 0 spiro atoms. The van der Waals surface area contributed by atoms with Gasteiger partial charge < -0.3 is 19.4 Å². The van der Waals surface area contributed by atoms with Crippen LogP contribution < -0.4 is 5.11 Å². The SMILES string of the molecule is C=C(C)C(=O)OCC1C2CC3C1OC(=O)C3C2C(=O)[O-]. The van der Waals surface area contributed by atoms with Crippen LogP contribution in [0.1, 0.15) is 13.3 Å². The zero-order valence-electron chi connectivity index (χ0n) is 11.0. The van der Waals surface area contributed by atoms with Gasteiger partial charge in [0, 0.05) is 29.3 Å². The van der Waals surface area contributed by atoms with Crippen molar-refractivity contribution in [3.05, 3.63) is 12.2 Å². The number of carbonyl (C=O) groups is 3. The van der Waals surface area contributed by atoms with Crippen molar-refractivity contribution in [3.63, 3.8) is 0 Å². The van der Waals surface area contributed by atoms with Crippen LogP contribution >= 0.6 is 0 Å². The largest absolute Gasteiger partial charge is 0.550 e. The Kier molecular flexibility index (Phi) is 2.84. The molecule has 0 aromatic rings. The number of carbonyl (C=O) groups excluding carboxylic acids is 3. The van der Waals surface area contributed by atoms with Crippen molar-refractivity contribution in [3.8, 4) is 0 Å². The summed E-state index contributed by atoms with van der Waals surface area (Å²) < 4.78 is 10.4. The molecule has 20 heavy (non-hydrogen) atoms. The van der Waals surface area contributed by atoms with Crippen molar-refractivity contribution in [2.75, 3.05) is 6.61 Å². The summed E-state index contributed by atoms with van der Waals surface area (Å²) in [5.41, 5.74) is 0.283. The lowest BCUT2D eigenvalue weighted by Crippen LogP contribution is -2.45. The van der Waals surface area contributed by atoms with Crippen LogP contribution in [0.25, 0.3) is 0 Å². The Hall–Kier alpha value is -1.85. The maximum absolute atomic E-state index is 11.8. The normalized spacial score (nSPS) is 40.5. The second-order valence-corrected chi connectivity index (χ2v) is 5.88. The van der Waals surface area contributed by atoms with Crippen molar-refractivity contribution in [2.24, 2.45) is 29.6 Å².